The van der Waals surface area contributed by atoms with E-state index in [1.54, 1.807) is 0 Å². The van der Waals surface area contributed by atoms with Crippen LogP contribution in [0, 0.1) is 0 Å². The molecule has 0 saturated heterocycles. The van der Waals surface area contributed by atoms with Crippen LogP contribution in [0.4, 0.5) is 0 Å². The van der Waals surface area contributed by atoms with Gasteiger partial charge in [-0.2, -0.15) is 0 Å². The van der Waals surface area contributed by atoms with Crippen LogP contribution in [0.25, 0.3) is 126 Å². The number of nitrogens with zero attached hydrogens (tertiary/aromatic N) is 3. The van der Waals surface area contributed by atoms with Crippen molar-refractivity contribution in [1.82, 2.24) is 18.4 Å². The lowest BCUT2D eigenvalue weighted by molar-refractivity contribution is 1.18. The summed E-state index contributed by atoms with van der Waals surface area (Å²) in [6, 6.07) is 65.2. The Morgan fingerprint density at radius 1 is 0.321 bits per heavy atom. The molecule has 0 atom stereocenters. The molecule has 1 N–H and O–H groups in total. The molecule has 258 valence electrons. The van der Waals surface area contributed by atoms with Crippen molar-refractivity contribution in [2.24, 2.45) is 0 Å². The van der Waals surface area contributed by atoms with Gasteiger partial charge in [-0.15, -0.1) is 0 Å². The molecule has 14 aromatic rings. The van der Waals surface area contributed by atoms with Gasteiger partial charge in [0, 0.05) is 65.2 Å². The van der Waals surface area contributed by atoms with E-state index in [1.807, 2.05) is 0 Å². The van der Waals surface area contributed by atoms with Gasteiger partial charge in [-0.05, 0) is 71.1 Å². The standard InChI is InChI=1S/C52H30N4/c1-2-10-33(11-3-1)54-43-15-7-5-12-34(43)35-22-20-31(28-46(35)54)32-21-23-36-37-24-18-30-19-25-38-39-26-27-42-49(40-13-4-6-14-41(40)53-42)52(39)56-45-17-9-8-16-44(45)55(47(36)29-32)50(37)48(30)51(38)56/h1-29,53H. The Bertz CT molecular complexity index is 3980. The number of aromatic nitrogens is 4. The molecule has 4 heteroatoms. The summed E-state index contributed by atoms with van der Waals surface area (Å²) in [4.78, 5) is 3.73. The molecule has 0 aliphatic rings. The van der Waals surface area contributed by atoms with Gasteiger partial charge >= 0.3 is 0 Å². The summed E-state index contributed by atoms with van der Waals surface area (Å²) in [6.07, 6.45) is 0. The van der Waals surface area contributed by atoms with Crippen molar-refractivity contribution in [3.05, 3.63) is 176 Å². The van der Waals surface area contributed by atoms with Crippen molar-refractivity contribution in [2.45, 2.75) is 0 Å². The first-order valence-electron chi connectivity index (χ1n) is 19.4. The van der Waals surface area contributed by atoms with E-state index in [0.29, 0.717) is 0 Å². The SMILES string of the molecule is c1ccc(-n2c3ccccc3c3ccc(-c4ccc5c6ccc7ccc8c9ccc%10[nH]c%11ccccc%11c%10c9n9c%10ccccc%10n(c5c4)c6c7c89)cc32)cc1. The van der Waals surface area contributed by atoms with Gasteiger partial charge in [-0.3, -0.25) is 0 Å². The van der Waals surface area contributed by atoms with Gasteiger partial charge < -0.3 is 18.4 Å². The zero-order valence-electron chi connectivity index (χ0n) is 30.1. The summed E-state index contributed by atoms with van der Waals surface area (Å²) in [6.45, 7) is 0. The first-order valence-corrected chi connectivity index (χ1v) is 19.4. The third kappa shape index (κ3) is 3.46. The van der Waals surface area contributed by atoms with Gasteiger partial charge in [0.05, 0.1) is 44.1 Å². The van der Waals surface area contributed by atoms with Crippen molar-refractivity contribution in [3.63, 3.8) is 0 Å². The Morgan fingerprint density at radius 3 is 1.64 bits per heavy atom. The van der Waals surface area contributed by atoms with Crippen LogP contribution in [-0.4, -0.2) is 18.4 Å². The fraction of sp³-hybridized carbons (Fsp3) is 0. The molecular weight excluding hydrogens is 681 g/mol. The van der Waals surface area contributed by atoms with Crippen molar-refractivity contribution in [1.29, 1.82) is 0 Å². The topological polar surface area (TPSA) is 29.5 Å². The zero-order valence-corrected chi connectivity index (χ0v) is 30.1. The molecule has 0 radical (unpaired) electrons. The average Bonchev–Trinajstić information content (AvgIpc) is 3.97. The van der Waals surface area contributed by atoms with Crippen molar-refractivity contribution in [2.75, 3.05) is 0 Å². The van der Waals surface area contributed by atoms with E-state index in [2.05, 4.69) is 194 Å². The van der Waals surface area contributed by atoms with Crippen LogP contribution < -0.4 is 0 Å². The van der Waals surface area contributed by atoms with Crippen LogP contribution in [0.2, 0.25) is 0 Å². The van der Waals surface area contributed by atoms with E-state index in [1.165, 1.54) is 115 Å². The number of benzene rings is 9. The Balaban J connectivity index is 1.14. The smallest absolute Gasteiger partial charge is 0.0703 e. The summed E-state index contributed by atoms with van der Waals surface area (Å²) in [5.41, 5.74) is 15.7. The molecule has 0 bridgehead atoms. The first-order chi connectivity index (χ1) is 27.8. The number of nitrogens with one attached hydrogen (secondary N) is 1. The normalized spacial score (nSPS) is 12.6. The monoisotopic (exact) mass is 710 g/mol. The van der Waals surface area contributed by atoms with Crippen molar-refractivity contribution >= 4 is 109 Å². The summed E-state index contributed by atoms with van der Waals surface area (Å²) in [5, 5.41) is 12.7. The fourth-order valence-electron chi connectivity index (χ4n) is 10.3. The predicted molar refractivity (Wildman–Crippen MR) is 236 cm³/mol. The lowest BCUT2D eigenvalue weighted by atomic mass is 10.00. The highest BCUT2D eigenvalue weighted by Crippen LogP contribution is 2.46. The van der Waals surface area contributed by atoms with E-state index in [4.69, 9.17) is 0 Å². The van der Waals surface area contributed by atoms with E-state index in [9.17, 15) is 0 Å². The van der Waals surface area contributed by atoms with Gasteiger partial charge in [-0.1, -0.05) is 121 Å². The molecule has 5 aromatic heterocycles. The van der Waals surface area contributed by atoms with E-state index < -0.39 is 0 Å². The van der Waals surface area contributed by atoms with E-state index in [0.717, 1.165) is 11.0 Å². The van der Waals surface area contributed by atoms with Gasteiger partial charge in [0.2, 0.25) is 0 Å². The molecule has 0 aliphatic carbocycles. The number of hydrogen-bond acceptors (Lipinski definition) is 0. The third-order valence-electron chi connectivity index (χ3n) is 12.7. The fourth-order valence-corrected chi connectivity index (χ4v) is 10.3. The van der Waals surface area contributed by atoms with E-state index in [-0.39, 0.29) is 0 Å². The number of H-pyrrole nitrogens is 1. The molecule has 9 aromatic carbocycles. The molecule has 56 heavy (non-hydrogen) atoms. The minimum atomic E-state index is 1.16. The van der Waals surface area contributed by atoms with Crippen LogP contribution in [0.3, 0.4) is 0 Å². The van der Waals surface area contributed by atoms with E-state index >= 15 is 0 Å². The van der Waals surface area contributed by atoms with Gasteiger partial charge in [0.1, 0.15) is 0 Å². The lowest BCUT2D eigenvalue weighted by Gasteiger charge is -2.09. The van der Waals surface area contributed by atoms with Crippen LogP contribution in [0.5, 0.6) is 0 Å². The molecule has 14 rings (SSSR count). The molecule has 0 spiro atoms. The second-order valence-electron chi connectivity index (χ2n) is 15.4. The van der Waals surface area contributed by atoms with Gasteiger partial charge in [-0.25, -0.2) is 0 Å². The lowest BCUT2D eigenvalue weighted by Crippen LogP contribution is -1.93. The second kappa shape index (κ2) is 10.1. The number of rotatable bonds is 2. The maximum atomic E-state index is 3.73. The highest BCUT2D eigenvalue weighted by Gasteiger charge is 2.24. The van der Waals surface area contributed by atoms with Crippen LogP contribution in [0.1, 0.15) is 0 Å². The Labute approximate surface area is 319 Å². The quantitative estimate of drug-likeness (QED) is 0.185. The maximum Gasteiger partial charge on any atom is 0.0703 e. The molecule has 0 fully saturated rings. The number of hydrogen-bond donors (Lipinski definition) is 1. The molecule has 0 saturated carbocycles. The summed E-state index contributed by atoms with van der Waals surface area (Å²) in [5.74, 6) is 0. The maximum absolute atomic E-state index is 3.73. The van der Waals surface area contributed by atoms with Crippen LogP contribution >= 0.6 is 0 Å². The number of para-hydroxylation sites is 5. The highest BCUT2D eigenvalue weighted by atomic mass is 15.0. The second-order valence-corrected chi connectivity index (χ2v) is 15.4. The molecule has 0 aliphatic heterocycles. The summed E-state index contributed by atoms with van der Waals surface area (Å²) >= 11 is 0. The Morgan fingerprint density at radius 2 is 0.857 bits per heavy atom. The molecule has 5 heterocycles. The summed E-state index contributed by atoms with van der Waals surface area (Å²) in [7, 11) is 0. The highest BCUT2D eigenvalue weighted by molar-refractivity contribution is 6.33. The minimum Gasteiger partial charge on any atom is -0.354 e. The third-order valence-corrected chi connectivity index (χ3v) is 12.7. The largest absolute Gasteiger partial charge is 0.354 e. The first kappa shape index (κ1) is 28.9. The Hall–Kier alpha value is -7.56. The molecular formula is C52H30N4. The predicted octanol–water partition coefficient (Wildman–Crippen LogP) is 13.8. The van der Waals surface area contributed by atoms with Gasteiger partial charge in [0.15, 0.2) is 0 Å². The van der Waals surface area contributed by atoms with Gasteiger partial charge in [0.25, 0.3) is 0 Å². The average molecular weight is 711 g/mol. The number of fused-ring (bicyclic) bond motifs is 16. The summed E-state index contributed by atoms with van der Waals surface area (Å²) < 4.78 is 7.53. The number of aromatic amines is 1. The minimum absolute atomic E-state index is 1.16. The van der Waals surface area contributed by atoms with Crippen LogP contribution in [0.15, 0.2) is 176 Å². The zero-order chi connectivity index (χ0) is 36.2. The van der Waals surface area contributed by atoms with Crippen LogP contribution in [-0.2, 0) is 0 Å². The van der Waals surface area contributed by atoms with Crippen molar-refractivity contribution < 1.29 is 0 Å². The van der Waals surface area contributed by atoms with Crippen molar-refractivity contribution in [3.8, 4) is 16.8 Å². The Kier molecular flexibility index (Phi) is 5.23. The molecule has 0 amide bonds. The molecule has 4 nitrogen and oxygen atoms in total. The molecule has 0 unspecified atom stereocenters.